The van der Waals surface area contributed by atoms with Gasteiger partial charge in [-0.15, -0.1) is 11.3 Å². The molecule has 2 bridgehead atoms. The van der Waals surface area contributed by atoms with E-state index in [1.165, 1.54) is 0 Å². The number of hydrogen-bond acceptors (Lipinski definition) is 8. The lowest BCUT2D eigenvalue weighted by Gasteiger charge is -2.24. The van der Waals surface area contributed by atoms with Crippen LogP contribution < -0.4 is 15.4 Å². The smallest absolute Gasteiger partial charge is 0.325 e. The molecule has 2 aliphatic rings. The van der Waals surface area contributed by atoms with Crippen LogP contribution in [0.15, 0.2) is 17.5 Å². The van der Waals surface area contributed by atoms with Crippen LogP contribution in [-0.4, -0.2) is 43.0 Å². The lowest BCUT2D eigenvalue weighted by Crippen LogP contribution is -2.31. The molecule has 0 spiro atoms. The molecule has 0 saturated heterocycles. The largest absolute Gasteiger partial charge is 0.466 e. The Hall–Kier alpha value is -2.99. The maximum absolute atomic E-state index is 13.1. The molecule has 3 N–H and O–H groups in total. The molecule has 10 nitrogen and oxygen atoms in total. The predicted octanol–water partition coefficient (Wildman–Crippen LogP) is 3.94. The van der Waals surface area contributed by atoms with Crippen molar-refractivity contribution in [1.29, 1.82) is 0 Å². The Morgan fingerprint density at radius 3 is 2.76 bits per heavy atom. The van der Waals surface area contributed by atoms with Crippen LogP contribution in [0, 0.1) is 12.8 Å². The van der Waals surface area contributed by atoms with Crippen molar-refractivity contribution < 1.29 is 27.5 Å². The van der Waals surface area contributed by atoms with Crippen LogP contribution in [-0.2, 0) is 26.0 Å². The number of nitrogens with one attached hydrogen (secondary N) is 3. The molecule has 1 aromatic heterocycles. The number of carbonyl (C=O) groups excluding carboxylic acids is 3. The van der Waals surface area contributed by atoms with E-state index in [4.69, 9.17) is 4.74 Å². The van der Waals surface area contributed by atoms with Gasteiger partial charge in [-0.05, 0) is 44.7 Å². The quantitative estimate of drug-likeness (QED) is 0.519. The molecule has 4 rings (SSSR count). The zero-order chi connectivity index (χ0) is 23.8. The van der Waals surface area contributed by atoms with Gasteiger partial charge in [0.25, 0.3) is 0 Å². The summed E-state index contributed by atoms with van der Waals surface area (Å²) in [4.78, 5) is 41.5. The highest BCUT2D eigenvalue weighted by atomic mass is 32.2. The minimum atomic E-state index is -3.70. The van der Waals surface area contributed by atoms with Gasteiger partial charge in [0.05, 0.1) is 35.3 Å². The summed E-state index contributed by atoms with van der Waals surface area (Å²) in [5.74, 6) is -0.871. The number of sulfonamides is 1. The molecule has 2 amide bonds. The molecular weight excluding hydrogens is 480 g/mol. The van der Waals surface area contributed by atoms with E-state index in [2.05, 4.69) is 20.3 Å². The second kappa shape index (κ2) is 10.1. The Kier molecular flexibility index (Phi) is 7.61. The van der Waals surface area contributed by atoms with E-state index in [1.54, 1.807) is 31.4 Å². The predicted molar refractivity (Wildman–Crippen MR) is 131 cm³/mol. The van der Waals surface area contributed by atoms with Gasteiger partial charge in [-0.1, -0.05) is 13.5 Å². The first-order valence-electron chi connectivity index (χ1n) is 10.6. The Balaban J connectivity index is 0.00000324. The topological polar surface area (TPSA) is 144 Å². The fourth-order valence-corrected chi connectivity index (χ4v) is 6.48. The maximum Gasteiger partial charge on any atom is 0.325 e. The van der Waals surface area contributed by atoms with Gasteiger partial charge in [0.2, 0.25) is 10.0 Å². The average molecular weight is 509 g/mol. The van der Waals surface area contributed by atoms with Gasteiger partial charge in [-0.3, -0.25) is 19.6 Å². The number of ether oxygens (including phenoxy) is 1. The van der Waals surface area contributed by atoms with Crippen LogP contribution in [0.4, 0.5) is 21.3 Å². The first-order valence-corrected chi connectivity index (χ1v) is 13.0. The minimum absolute atomic E-state index is 0. The van der Waals surface area contributed by atoms with Gasteiger partial charge in [0.15, 0.2) is 10.9 Å². The summed E-state index contributed by atoms with van der Waals surface area (Å²) in [5, 5.41) is 6.46. The number of aromatic nitrogens is 1. The molecule has 1 saturated carbocycles. The van der Waals surface area contributed by atoms with Gasteiger partial charge in [0.1, 0.15) is 0 Å². The number of esters is 1. The van der Waals surface area contributed by atoms with E-state index < -0.39 is 27.3 Å². The second-order valence-electron chi connectivity index (χ2n) is 8.03. The summed E-state index contributed by atoms with van der Waals surface area (Å²) in [5.41, 5.74) is 1.65. The summed E-state index contributed by atoms with van der Waals surface area (Å²) in [6.45, 7) is 3.72. The fraction of sp³-hybridized carbons (Fsp3) is 0.455. The molecule has 2 heterocycles. The van der Waals surface area contributed by atoms with Gasteiger partial charge in [-0.25, -0.2) is 18.2 Å². The van der Waals surface area contributed by atoms with Gasteiger partial charge in [0, 0.05) is 16.9 Å². The van der Waals surface area contributed by atoms with Crippen molar-refractivity contribution in [1.82, 2.24) is 4.98 Å². The highest BCUT2D eigenvalue weighted by Gasteiger charge is 2.42. The highest BCUT2D eigenvalue weighted by Crippen LogP contribution is 2.41. The molecule has 2 aromatic rings. The number of Topliss-reactive ketones (excluding diaryl/α,β-unsaturated/α-hetero) is 1. The van der Waals surface area contributed by atoms with E-state index >= 15 is 0 Å². The third-order valence-corrected chi connectivity index (χ3v) is 8.35. The van der Waals surface area contributed by atoms with Gasteiger partial charge >= 0.3 is 12.0 Å². The lowest BCUT2D eigenvalue weighted by atomic mass is 9.91. The van der Waals surface area contributed by atoms with Crippen molar-refractivity contribution in [3.8, 4) is 0 Å². The van der Waals surface area contributed by atoms with E-state index in [0.29, 0.717) is 30.5 Å². The van der Waals surface area contributed by atoms with Crippen LogP contribution in [0.5, 0.6) is 0 Å². The SMILES string of the molecule is C.CCOC(=O)Cc1csc(NC(=O)Nc2ccc(C)c3c2NS(=O)(=O)C2CCC(C2)C3=O)n1. The first kappa shape index (κ1) is 25.6. The molecule has 184 valence electrons. The van der Waals surface area contributed by atoms with Crippen LogP contribution in [0.3, 0.4) is 0 Å². The molecule has 0 radical (unpaired) electrons. The summed E-state index contributed by atoms with van der Waals surface area (Å²) in [7, 11) is -3.70. The second-order valence-corrected chi connectivity index (χ2v) is 10.8. The molecule has 1 aromatic carbocycles. The Morgan fingerprint density at radius 2 is 2.03 bits per heavy atom. The summed E-state index contributed by atoms with van der Waals surface area (Å²) < 4.78 is 33.2. The molecule has 12 heteroatoms. The van der Waals surface area contributed by atoms with Crippen molar-refractivity contribution in [3.63, 3.8) is 0 Å². The number of benzene rings is 1. The van der Waals surface area contributed by atoms with Gasteiger partial charge < -0.3 is 10.1 Å². The molecule has 2 unspecified atom stereocenters. The van der Waals surface area contributed by atoms with Crippen molar-refractivity contribution in [2.45, 2.75) is 52.2 Å². The summed E-state index contributed by atoms with van der Waals surface area (Å²) >= 11 is 1.14. The summed E-state index contributed by atoms with van der Waals surface area (Å²) in [6.07, 6.45) is 1.26. The van der Waals surface area contributed by atoms with Gasteiger partial charge in [-0.2, -0.15) is 0 Å². The molecular formula is C22H28N4O6S2. The van der Waals surface area contributed by atoms with Crippen molar-refractivity contribution in [2.24, 2.45) is 5.92 Å². The van der Waals surface area contributed by atoms with Crippen LogP contribution >= 0.6 is 11.3 Å². The molecule has 1 aliphatic carbocycles. The molecule has 2 atom stereocenters. The van der Waals surface area contributed by atoms with Crippen LogP contribution in [0.25, 0.3) is 0 Å². The summed E-state index contributed by atoms with van der Waals surface area (Å²) in [6, 6.07) is 2.58. The van der Waals surface area contributed by atoms with Crippen molar-refractivity contribution in [3.05, 3.63) is 34.3 Å². The standard InChI is InChI=1S/C21H24N4O6S2.CH4/c1-3-31-16(26)9-13-10-32-21(22-13)24-20(28)23-15-7-4-11(2)17-18(15)25-33(29,30)14-6-5-12(8-14)19(17)27;/h4,7,10,12,14,25H,3,5-6,8-9H2,1-2H3,(H2,22,23,24,28);1H4. The third-order valence-electron chi connectivity index (χ3n) is 5.75. The number of carbonyl (C=O) groups is 3. The molecule has 1 aliphatic heterocycles. The lowest BCUT2D eigenvalue weighted by molar-refractivity contribution is -0.142. The number of urea groups is 1. The zero-order valence-electron chi connectivity index (χ0n) is 18.1. The maximum atomic E-state index is 13.1. The average Bonchev–Trinajstić information content (AvgIpc) is 3.40. The number of aryl methyl sites for hydroxylation is 1. The zero-order valence-corrected chi connectivity index (χ0v) is 19.8. The normalized spacial score (nSPS) is 20.1. The third kappa shape index (κ3) is 5.22. The monoisotopic (exact) mass is 508 g/mol. The Bertz CT molecular complexity index is 1220. The van der Waals surface area contributed by atoms with E-state index in [0.717, 1.165) is 11.3 Å². The Morgan fingerprint density at radius 1 is 1.26 bits per heavy atom. The number of fused-ring (bicyclic) bond motifs is 3. The minimum Gasteiger partial charge on any atom is -0.466 e. The van der Waals surface area contributed by atoms with Crippen LogP contribution in [0.2, 0.25) is 0 Å². The number of thiazole rings is 1. The number of ketones is 1. The van der Waals surface area contributed by atoms with Crippen molar-refractivity contribution >= 4 is 55.7 Å². The molecule has 34 heavy (non-hydrogen) atoms. The van der Waals surface area contributed by atoms with E-state index in [1.807, 2.05) is 0 Å². The first-order chi connectivity index (χ1) is 15.7. The molecule has 1 fully saturated rings. The number of hydrogen-bond donors (Lipinski definition) is 3. The number of anilines is 3. The fourth-order valence-electron chi connectivity index (χ4n) is 4.18. The van der Waals surface area contributed by atoms with E-state index in [-0.39, 0.29) is 54.2 Å². The van der Waals surface area contributed by atoms with E-state index in [9.17, 15) is 22.8 Å². The highest BCUT2D eigenvalue weighted by molar-refractivity contribution is 7.93. The van der Waals surface area contributed by atoms with Crippen molar-refractivity contribution in [2.75, 3.05) is 22.0 Å². The number of nitrogens with zero attached hydrogens (tertiary/aromatic N) is 1. The number of rotatable bonds is 5. The number of amides is 2. The Labute approximate surface area is 202 Å². The van der Waals surface area contributed by atoms with Crippen LogP contribution in [0.1, 0.15) is 55.2 Å².